The number of benzene rings is 2. The molecular weight excluding hydrogens is 356 g/mol. The maximum absolute atomic E-state index is 12.3. The fraction of sp³-hybridized carbons (Fsp3) is 0.0455. The Morgan fingerprint density at radius 3 is 2.78 bits per heavy atom. The van der Waals surface area contributed by atoms with E-state index in [2.05, 4.69) is 11.1 Å². The van der Waals surface area contributed by atoms with Gasteiger partial charge in [-0.05, 0) is 36.3 Å². The average Bonchev–Trinajstić information content (AvgIpc) is 3.16. The number of hydrogen-bond donors (Lipinski definition) is 0. The number of allylic oxidation sites excluding steroid dienone is 1. The summed E-state index contributed by atoms with van der Waals surface area (Å²) in [6.45, 7) is 1.99. The van der Waals surface area contributed by atoms with Crippen LogP contribution in [0.15, 0.2) is 69.2 Å². The van der Waals surface area contributed by atoms with E-state index >= 15 is 0 Å². The molecule has 0 saturated carbocycles. The molecule has 0 aliphatic rings. The predicted molar refractivity (Wildman–Crippen MR) is 108 cm³/mol. The van der Waals surface area contributed by atoms with Gasteiger partial charge in [0.2, 0.25) is 0 Å². The molecule has 0 unspecified atom stereocenters. The Kier molecular flexibility index (Phi) is 4.41. The fourth-order valence-electron chi connectivity index (χ4n) is 2.81. The van der Waals surface area contributed by atoms with Crippen molar-refractivity contribution in [1.29, 1.82) is 5.26 Å². The highest BCUT2D eigenvalue weighted by molar-refractivity contribution is 7.11. The molecule has 2 aromatic carbocycles. The molecule has 0 N–H and O–H groups in total. The minimum atomic E-state index is -0.438. The van der Waals surface area contributed by atoms with Crippen LogP contribution in [0.4, 0.5) is 0 Å². The Bertz CT molecular complexity index is 1280. The molecule has 27 heavy (non-hydrogen) atoms. The number of aromatic nitrogens is 1. The Hall–Kier alpha value is -3.49. The summed E-state index contributed by atoms with van der Waals surface area (Å²) in [4.78, 5) is 16.8. The molecule has 0 atom stereocenters. The topological polar surface area (TPSA) is 66.9 Å². The summed E-state index contributed by atoms with van der Waals surface area (Å²) in [5.74, 6) is 0. The zero-order valence-electron chi connectivity index (χ0n) is 14.5. The number of nitriles is 1. The predicted octanol–water partition coefficient (Wildman–Crippen LogP) is 5.29. The van der Waals surface area contributed by atoms with Crippen molar-refractivity contribution in [1.82, 2.24) is 4.98 Å². The van der Waals surface area contributed by atoms with Gasteiger partial charge in [-0.1, -0.05) is 42.5 Å². The summed E-state index contributed by atoms with van der Waals surface area (Å²) >= 11 is 1.33. The summed E-state index contributed by atoms with van der Waals surface area (Å²) in [5.41, 5.74) is 3.52. The lowest BCUT2D eigenvalue weighted by molar-refractivity contribution is 0.563. The van der Waals surface area contributed by atoms with Gasteiger partial charge in [0, 0.05) is 10.8 Å². The number of fused-ring (bicyclic) bond motifs is 1. The smallest absolute Gasteiger partial charge is 0.345 e. The molecule has 0 amide bonds. The van der Waals surface area contributed by atoms with Gasteiger partial charge in [0.1, 0.15) is 16.7 Å². The van der Waals surface area contributed by atoms with E-state index in [0.717, 1.165) is 16.5 Å². The maximum Gasteiger partial charge on any atom is 0.345 e. The Balaban J connectivity index is 1.77. The second-order valence-corrected chi connectivity index (χ2v) is 6.91. The largest absolute Gasteiger partial charge is 0.422 e. The highest BCUT2D eigenvalue weighted by Crippen LogP contribution is 2.27. The molecule has 130 valence electrons. The van der Waals surface area contributed by atoms with Crippen LogP contribution in [0.5, 0.6) is 0 Å². The average molecular weight is 370 g/mol. The molecule has 0 fully saturated rings. The molecule has 0 aliphatic heterocycles. The quantitative estimate of drug-likeness (QED) is 0.363. The summed E-state index contributed by atoms with van der Waals surface area (Å²) < 4.78 is 5.38. The summed E-state index contributed by atoms with van der Waals surface area (Å²) in [6.07, 6.45) is 1.82. The minimum Gasteiger partial charge on any atom is -0.422 e. The third-order valence-electron chi connectivity index (χ3n) is 4.26. The van der Waals surface area contributed by atoms with Gasteiger partial charge in [0.05, 0.1) is 16.8 Å². The zero-order valence-corrected chi connectivity index (χ0v) is 15.3. The highest BCUT2D eigenvalue weighted by Gasteiger charge is 2.14. The molecule has 5 heteroatoms. The van der Waals surface area contributed by atoms with Crippen LogP contribution in [-0.2, 0) is 0 Å². The van der Waals surface area contributed by atoms with Crippen LogP contribution >= 0.6 is 11.3 Å². The molecule has 4 nitrogen and oxygen atoms in total. The van der Waals surface area contributed by atoms with Crippen molar-refractivity contribution in [3.63, 3.8) is 0 Å². The first-order chi connectivity index (χ1) is 13.2. The van der Waals surface area contributed by atoms with Gasteiger partial charge in [-0.3, -0.25) is 0 Å². The lowest BCUT2D eigenvalue weighted by Crippen LogP contribution is -2.02. The number of thiazole rings is 1. The van der Waals surface area contributed by atoms with Gasteiger partial charge >= 0.3 is 5.63 Å². The first kappa shape index (κ1) is 17.0. The van der Waals surface area contributed by atoms with Crippen molar-refractivity contribution in [3.05, 3.63) is 86.5 Å². The van der Waals surface area contributed by atoms with E-state index in [4.69, 9.17) is 4.42 Å². The van der Waals surface area contributed by atoms with Gasteiger partial charge in [0.15, 0.2) is 0 Å². The molecule has 0 radical (unpaired) electrons. The van der Waals surface area contributed by atoms with Crippen molar-refractivity contribution >= 4 is 34.0 Å². The zero-order chi connectivity index (χ0) is 18.8. The van der Waals surface area contributed by atoms with Crippen molar-refractivity contribution in [2.45, 2.75) is 6.92 Å². The number of hydrogen-bond acceptors (Lipinski definition) is 5. The molecule has 0 aliphatic carbocycles. The second-order valence-electron chi connectivity index (χ2n) is 6.05. The summed E-state index contributed by atoms with van der Waals surface area (Å²) in [5, 5.41) is 12.8. The van der Waals surface area contributed by atoms with E-state index in [9.17, 15) is 10.1 Å². The van der Waals surface area contributed by atoms with Gasteiger partial charge in [-0.15, -0.1) is 11.3 Å². The third-order valence-corrected chi connectivity index (χ3v) is 5.14. The molecule has 4 aromatic rings. The Morgan fingerprint density at radius 1 is 1.19 bits per heavy atom. The van der Waals surface area contributed by atoms with Crippen molar-refractivity contribution in [2.75, 3.05) is 0 Å². The van der Waals surface area contributed by atoms with Gasteiger partial charge < -0.3 is 4.42 Å². The van der Waals surface area contributed by atoms with Crippen LogP contribution < -0.4 is 5.63 Å². The van der Waals surface area contributed by atoms with E-state index in [-0.39, 0.29) is 0 Å². The first-order valence-electron chi connectivity index (χ1n) is 8.32. The van der Waals surface area contributed by atoms with Crippen LogP contribution in [0.3, 0.4) is 0 Å². The molecule has 0 spiro atoms. The lowest BCUT2D eigenvalue weighted by Gasteiger charge is -2.00. The second kappa shape index (κ2) is 7.02. The van der Waals surface area contributed by atoms with Crippen LogP contribution in [0, 0.1) is 18.3 Å². The highest BCUT2D eigenvalue weighted by atomic mass is 32.1. The summed E-state index contributed by atoms with van der Waals surface area (Å²) in [6, 6.07) is 19.2. The first-order valence-corrected chi connectivity index (χ1v) is 9.20. The van der Waals surface area contributed by atoms with E-state index < -0.39 is 5.63 Å². The minimum absolute atomic E-state index is 0.393. The van der Waals surface area contributed by atoms with Crippen molar-refractivity contribution < 1.29 is 4.42 Å². The van der Waals surface area contributed by atoms with E-state index in [1.807, 2.05) is 55.5 Å². The van der Waals surface area contributed by atoms with E-state index in [1.54, 1.807) is 17.5 Å². The fourth-order valence-corrected chi connectivity index (χ4v) is 3.59. The molecule has 0 bridgehead atoms. The number of nitrogens with zero attached hydrogens (tertiary/aromatic N) is 2. The van der Waals surface area contributed by atoms with Crippen LogP contribution in [0.25, 0.3) is 33.9 Å². The Morgan fingerprint density at radius 2 is 1.96 bits per heavy atom. The molecule has 4 rings (SSSR count). The SMILES string of the molecule is Cc1ccccc1C=C(C#N)c1nc(-c2cc3ccccc3oc2=O)cs1. The van der Waals surface area contributed by atoms with Crippen molar-refractivity contribution in [3.8, 4) is 17.3 Å². The van der Waals surface area contributed by atoms with Crippen LogP contribution in [0.2, 0.25) is 0 Å². The maximum atomic E-state index is 12.3. The number of para-hydroxylation sites is 1. The lowest BCUT2D eigenvalue weighted by atomic mass is 10.1. The van der Waals surface area contributed by atoms with Crippen molar-refractivity contribution in [2.24, 2.45) is 0 Å². The molecule has 2 aromatic heterocycles. The number of aryl methyl sites for hydroxylation is 1. The molecule has 0 saturated heterocycles. The Labute approximate surface area is 159 Å². The third kappa shape index (κ3) is 3.31. The van der Waals surface area contributed by atoms with Gasteiger partial charge in [-0.2, -0.15) is 5.26 Å². The molecular formula is C22H14N2O2S. The van der Waals surface area contributed by atoms with E-state index in [0.29, 0.717) is 27.4 Å². The van der Waals surface area contributed by atoms with Gasteiger partial charge in [0.25, 0.3) is 0 Å². The van der Waals surface area contributed by atoms with Crippen LogP contribution in [0.1, 0.15) is 16.1 Å². The van der Waals surface area contributed by atoms with Gasteiger partial charge in [-0.25, -0.2) is 9.78 Å². The normalized spacial score (nSPS) is 11.5. The standard InChI is InChI=1S/C22H14N2O2S/c1-14-6-2-3-7-15(14)10-17(12-23)21-24-19(13-27-21)18-11-16-8-4-5-9-20(16)26-22(18)25/h2-11,13H,1H3. The molecule has 2 heterocycles. The van der Waals surface area contributed by atoms with Crippen LogP contribution in [-0.4, -0.2) is 4.98 Å². The monoisotopic (exact) mass is 370 g/mol. The van der Waals surface area contributed by atoms with E-state index in [1.165, 1.54) is 11.3 Å². The summed E-state index contributed by atoms with van der Waals surface area (Å²) in [7, 11) is 0. The number of rotatable bonds is 3.